The number of nitrogens with one attached hydrogen (secondary N) is 3. The average Bonchev–Trinajstić information content (AvgIpc) is 3.20. The Balaban J connectivity index is 1.41. The van der Waals surface area contributed by atoms with Crippen LogP contribution in [0, 0.1) is 0 Å². The van der Waals surface area contributed by atoms with Gasteiger partial charge in [-0.2, -0.15) is 0 Å². The number of nitrogens with zero attached hydrogens (tertiary/aromatic N) is 3. The number of carbonyl (C=O) groups is 4. The van der Waals surface area contributed by atoms with E-state index < -0.39 is 36.1 Å². The Hall–Kier alpha value is -3.71. The van der Waals surface area contributed by atoms with Crippen molar-refractivity contribution in [3.05, 3.63) is 29.8 Å². The van der Waals surface area contributed by atoms with E-state index >= 15 is 0 Å². The summed E-state index contributed by atoms with van der Waals surface area (Å²) in [5, 5.41) is 26.2. The van der Waals surface area contributed by atoms with Crippen LogP contribution in [0.3, 0.4) is 0 Å². The second-order valence-corrected chi connectivity index (χ2v) is 8.18. The standard InChI is InChI=1S/C20H25N7O6/c21-20-24-16-15(18(31)25-20)27-9-26(8-12(27)7-22-16)11-3-1-10(2-4-11)17(30)23-13(19(32)33)5-6-14(28)29/h1-4,12-13,15-16,22H,5-9H2,(H,23,30)(H,28,29)(H,32,33)(H3,21,24,25,31). The van der Waals surface area contributed by atoms with Crippen LogP contribution in [0.2, 0.25) is 0 Å². The number of carboxylic acids is 2. The molecule has 3 aliphatic rings. The number of amides is 2. The van der Waals surface area contributed by atoms with Crippen molar-refractivity contribution in [1.29, 1.82) is 0 Å². The second-order valence-electron chi connectivity index (χ2n) is 8.18. The molecular weight excluding hydrogens is 434 g/mol. The van der Waals surface area contributed by atoms with E-state index in [4.69, 9.17) is 10.8 Å². The number of nitrogens with two attached hydrogens (primary N) is 1. The second kappa shape index (κ2) is 9.03. The highest BCUT2D eigenvalue weighted by molar-refractivity contribution is 6.01. The molecule has 0 saturated carbocycles. The number of anilines is 1. The van der Waals surface area contributed by atoms with E-state index in [2.05, 4.69) is 30.7 Å². The van der Waals surface area contributed by atoms with Gasteiger partial charge in [0.25, 0.3) is 5.91 Å². The van der Waals surface area contributed by atoms with Crippen molar-refractivity contribution in [3.8, 4) is 0 Å². The number of carboxylic acid groups (broad SMARTS) is 2. The molecule has 176 valence electrons. The molecule has 2 saturated heterocycles. The van der Waals surface area contributed by atoms with Crippen LogP contribution in [0.4, 0.5) is 5.69 Å². The molecule has 7 N–H and O–H groups in total. The van der Waals surface area contributed by atoms with Gasteiger partial charge in [0.2, 0.25) is 5.91 Å². The molecule has 4 rings (SSSR count). The van der Waals surface area contributed by atoms with Gasteiger partial charge in [-0.15, -0.1) is 0 Å². The van der Waals surface area contributed by atoms with Gasteiger partial charge in [-0.3, -0.25) is 29.9 Å². The lowest BCUT2D eigenvalue weighted by atomic mass is 10.1. The van der Waals surface area contributed by atoms with Gasteiger partial charge in [0.05, 0.1) is 6.67 Å². The topological polar surface area (TPSA) is 190 Å². The molecule has 0 bridgehead atoms. The molecule has 0 spiro atoms. The van der Waals surface area contributed by atoms with Gasteiger partial charge in [0.15, 0.2) is 5.96 Å². The Labute approximate surface area is 188 Å². The van der Waals surface area contributed by atoms with E-state index in [1.807, 2.05) is 0 Å². The molecule has 2 fully saturated rings. The highest BCUT2D eigenvalue weighted by Crippen LogP contribution is 2.28. The Morgan fingerprint density at radius 2 is 1.97 bits per heavy atom. The summed E-state index contributed by atoms with van der Waals surface area (Å²) >= 11 is 0. The first kappa shape index (κ1) is 22.5. The first-order valence-corrected chi connectivity index (χ1v) is 10.5. The highest BCUT2D eigenvalue weighted by atomic mass is 16.4. The fourth-order valence-electron chi connectivity index (χ4n) is 4.35. The maximum absolute atomic E-state index is 12.5. The Kier molecular flexibility index (Phi) is 6.16. The van der Waals surface area contributed by atoms with Crippen molar-refractivity contribution in [2.24, 2.45) is 10.7 Å². The van der Waals surface area contributed by atoms with E-state index in [0.717, 1.165) is 5.69 Å². The third-order valence-corrected chi connectivity index (χ3v) is 6.00. The number of hydrogen-bond donors (Lipinski definition) is 6. The number of guanidine groups is 1. The van der Waals surface area contributed by atoms with Gasteiger partial charge in [0, 0.05) is 36.8 Å². The fourth-order valence-corrected chi connectivity index (χ4v) is 4.35. The summed E-state index contributed by atoms with van der Waals surface area (Å²) in [6.45, 7) is 1.82. The first-order chi connectivity index (χ1) is 15.7. The maximum atomic E-state index is 12.5. The lowest BCUT2D eigenvalue weighted by Crippen LogP contribution is -2.68. The Bertz CT molecular complexity index is 997. The number of fused-ring (bicyclic) bond motifs is 3. The zero-order valence-electron chi connectivity index (χ0n) is 17.6. The summed E-state index contributed by atoms with van der Waals surface area (Å²) in [5.74, 6) is -3.12. The van der Waals surface area contributed by atoms with E-state index in [9.17, 15) is 24.3 Å². The van der Waals surface area contributed by atoms with Crippen molar-refractivity contribution < 1.29 is 29.4 Å². The molecule has 4 atom stereocenters. The molecule has 1 aromatic carbocycles. The quantitative estimate of drug-likeness (QED) is 0.264. The van der Waals surface area contributed by atoms with Gasteiger partial charge in [-0.25, -0.2) is 9.79 Å². The third-order valence-electron chi connectivity index (χ3n) is 6.00. The summed E-state index contributed by atoms with van der Waals surface area (Å²) < 4.78 is 0. The highest BCUT2D eigenvalue weighted by Gasteiger charge is 2.47. The molecule has 2 amide bonds. The van der Waals surface area contributed by atoms with E-state index in [0.29, 0.717) is 19.8 Å². The minimum atomic E-state index is -1.29. The van der Waals surface area contributed by atoms with Crippen LogP contribution < -0.4 is 26.6 Å². The lowest BCUT2D eigenvalue weighted by molar-refractivity contribution is -0.140. The normalized spacial score (nSPS) is 25.3. The molecule has 13 heteroatoms. The summed E-state index contributed by atoms with van der Waals surface area (Å²) in [4.78, 5) is 55.4. The van der Waals surface area contributed by atoms with Crippen molar-refractivity contribution in [2.75, 3.05) is 24.7 Å². The maximum Gasteiger partial charge on any atom is 0.326 e. The van der Waals surface area contributed by atoms with Crippen LogP contribution in [0.1, 0.15) is 23.2 Å². The predicted molar refractivity (Wildman–Crippen MR) is 115 cm³/mol. The van der Waals surface area contributed by atoms with E-state index in [1.165, 1.54) is 0 Å². The predicted octanol–water partition coefficient (Wildman–Crippen LogP) is -2.08. The molecule has 33 heavy (non-hydrogen) atoms. The average molecular weight is 459 g/mol. The zero-order chi connectivity index (χ0) is 23.7. The number of benzene rings is 1. The number of rotatable bonds is 7. The van der Waals surface area contributed by atoms with Crippen LogP contribution in [-0.2, 0) is 14.4 Å². The fraction of sp³-hybridized carbons (Fsp3) is 0.450. The molecule has 3 heterocycles. The number of hydrogen-bond acceptors (Lipinski definition) is 9. The van der Waals surface area contributed by atoms with Gasteiger partial charge >= 0.3 is 11.9 Å². The Morgan fingerprint density at radius 1 is 1.24 bits per heavy atom. The zero-order valence-corrected chi connectivity index (χ0v) is 17.6. The summed E-state index contributed by atoms with van der Waals surface area (Å²) in [5.41, 5.74) is 6.77. The summed E-state index contributed by atoms with van der Waals surface area (Å²) in [6.07, 6.45) is -0.974. The smallest absolute Gasteiger partial charge is 0.326 e. The minimum Gasteiger partial charge on any atom is -0.481 e. The van der Waals surface area contributed by atoms with E-state index in [1.54, 1.807) is 24.3 Å². The van der Waals surface area contributed by atoms with Crippen LogP contribution in [0.25, 0.3) is 0 Å². The number of piperazine rings is 1. The van der Waals surface area contributed by atoms with Crippen LogP contribution in [-0.4, -0.2) is 88.9 Å². The van der Waals surface area contributed by atoms with Crippen molar-refractivity contribution in [3.63, 3.8) is 0 Å². The molecule has 13 nitrogen and oxygen atoms in total. The minimum absolute atomic E-state index is 0.0973. The number of aliphatic carboxylic acids is 2. The molecule has 3 aliphatic heterocycles. The van der Waals surface area contributed by atoms with Crippen molar-refractivity contribution in [1.82, 2.24) is 20.9 Å². The lowest BCUT2D eigenvalue weighted by Gasteiger charge is -2.41. The monoisotopic (exact) mass is 459 g/mol. The summed E-state index contributed by atoms with van der Waals surface area (Å²) in [6, 6.07) is 5.01. The number of carbonyl (C=O) groups excluding carboxylic acids is 2. The molecule has 1 aromatic rings. The van der Waals surface area contributed by atoms with Crippen LogP contribution >= 0.6 is 0 Å². The first-order valence-electron chi connectivity index (χ1n) is 10.5. The van der Waals surface area contributed by atoms with Crippen molar-refractivity contribution in [2.45, 2.75) is 37.1 Å². The van der Waals surface area contributed by atoms with Gasteiger partial charge in [-0.05, 0) is 30.7 Å². The number of aliphatic imine (C=N–C) groups is 1. The van der Waals surface area contributed by atoms with E-state index in [-0.39, 0.29) is 36.3 Å². The van der Waals surface area contributed by atoms with Gasteiger partial charge in [-0.1, -0.05) is 0 Å². The molecule has 0 aromatic heterocycles. The summed E-state index contributed by atoms with van der Waals surface area (Å²) in [7, 11) is 0. The van der Waals surface area contributed by atoms with Gasteiger partial charge < -0.3 is 26.2 Å². The molecule has 0 aliphatic carbocycles. The van der Waals surface area contributed by atoms with Crippen molar-refractivity contribution >= 4 is 35.4 Å². The Morgan fingerprint density at radius 3 is 2.64 bits per heavy atom. The molecule has 4 unspecified atom stereocenters. The SMILES string of the molecule is NC1=NC2NCC3CN(c4ccc(C(=O)NC(CCC(=O)O)C(=O)O)cc4)CN3C2C(=O)N1. The van der Waals surface area contributed by atoms with Crippen LogP contribution in [0.15, 0.2) is 29.3 Å². The molecule has 0 radical (unpaired) electrons. The largest absolute Gasteiger partial charge is 0.481 e. The molecular formula is C20H25N7O6. The van der Waals surface area contributed by atoms with Gasteiger partial charge in [0.1, 0.15) is 18.2 Å². The van der Waals surface area contributed by atoms with Crippen LogP contribution in [0.5, 0.6) is 0 Å². The third kappa shape index (κ3) is 4.73.